The van der Waals surface area contributed by atoms with Crippen molar-refractivity contribution in [2.45, 2.75) is 16.1 Å². The summed E-state index contributed by atoms with van der Waals surface area (Å²) in [5.74, 6) is -0.296. The van der Waals surface area contributed by atoms with E-state index in [1.54, 1.807) is 30.3 Å². The lowest BCUT2D eigenvalue weighted by Crippen LogP contribution is -2.27. The molecule has 0 bridgehead atoms. The summed E-state index contributed by atoms with van der Waals surface area (Å²) in [7, 11) is -3.56. The van der Waals surface area contributed by atoms with E-state index in [1.807, 2.05) is 24.3 Å². The highest BCUT2D eigenvalue weighted by atomic mass is 79.9. The summed E-state index contributed by atoms with van der Waals surface area (Å²) in [6, 6.07) is 15.9. The molecule has 3 atom stereocenters. The van der Waals surface area contributed by atoms with Crippen LogP contribution in [0.3, 0.4) is 0 Å². The lowest BCUT2D eigenvalue weighted by atomic mass is 10.0. The van der Waals surface area contributed by atoms with E-state index in [1.165, 1.54) is 0 Å². The molecule has 0 spiro atoms. The van der Waals surface area contributed by atoms with Crippen LogP contribution in [-0.2, 0) is 9.84 Å². The predicted molar refractivity (Wildman–Crippen MR) is 92.9 cm³/mol. The number of sulfone groups is 1. The van der Waals surface area contributed by atoms with Gasteiger partial charge in [0.05, 0.1) is 16.8 Å². The van der Waals surface area contributed by atoms with Crippen LogP contribution in [0.2, 0.25) is 0 Å². The van der Waals surface area contributed by atoms with Gasteiger partial charge in [-0.1, -0.05) is 46.3 Å². The van der Waals surface area contributed by atoms with E-state index in [-0.39, 0.29) is 24.0 Å². The van der Waals surface area contributed by atoms with Crippen LogP contribution >= 0.6 is 15.9 Å². The largest absolute Gasteiger partial charge is 0.396 e. The lowest BCUT2D eigenvalue weighted by Gasteiger charge is -2.12. The summed E-state index contributed by atoms with van der Waals surface area (Å²) >= 11 is 3.38. The first-order valence-corrected chi connectivity index (χ1v) is 9.66. The quantitative estimate of drug-likeness (QED) is 0.813. The van der Waals surface area contributed by atoms with Gasteiger partial charge >= 0.3 is 0 Å². The maximum Gasteiger partial charge on any atom is 0.182 e. The molecule has 1 aliphatic rings. The number of hydrogen-bond donors (Lipinski definition) is 2. The third-order valence-corrected chi connectivity index (χ3v) is 7.56. The summed E-state index contributed by atoms with van der Waals surface area (Å²) in [6.07, 6.45) is 0. The van der Waals surface area contributed by atoms with E-state index < -0.39 is 20.5 Å². The minimum absolute atomic E-state index is 0.126. The summed E-state index contributed by atoms with van der Waals surface area (Å²) in [5.41, 5.74) is 5.94. The molecule has 2 aromatic carbocycles. The Morgan fingerprint density at radius 2 is 1.70 bits per heavy atom. The van der Waals surface area contributed by atoms with Crippen molar-refractivity contribution in [1.82, 2.24) is 0 Å². The summed E-state index contributed by atoms with van der Waals surface area (Å²) in [6.45, 7) is -0.123. The summed E-state index contributed by atoms with van der Waals surface area (Å²) < 4.78 is 26.9. The highest BCUT2D eigenvalue weighted by Crippen LogP contribution is 2.63. The first kappa shape index (κ1) is 16.6. The van der Waals surface area contributed by atoms with Crippen LogP contribution in [-0.4, -0.2) is 31.9 Å². The molecule has 1 fully saturated rings. The van der Waals surface area contributed by atoms with E-state index in [9.17, 15) is 13.5 Å². The molecule has 3 rings (SSSR count). The Labute approximate surface area is 144 Å². The first-order valence-electron chi connectivity index (χ1n) is 7.33. The van der Waals surface area contributed by atoms with Gasteiger partial charge in [-0.15, -0.1) is 0 Å². The van der Waals surface area contributed by atoms with Gasteiger partial charge < -0.3 is 10.8 Å². The van der Waals surface area contributed by atoms with E-state index in [0.717, 1.165) is 10.0 Å². The molecule has 3 N–H and O–H groups in total. The molecule has 0 radical (unpaired) electrons. The number of hydrogen-bond acceptors (Lipinski definition) is 4. The molecule has 0 heterocycles. The second kappa shape index (κ2) is 6.02. The zero-order chi connectivity index (χ0) is 16.7. The van der Waals surface area contributed by atoms with Gasteiger partial charge in [0.15, 0.2) is 9.84 Å². The Morgan fingerprint density at radius 1 is 1.09 bits per heavy atom. The SMILES string of the molecule is NC[C@]1(CO)[C@H](c2ccc(Br)cc2)[C@@H]1S(=O)(=O)c1ccccc1. The molecular weight excluding hydrogens is 378 g/mol. The van der Waals surface area contributed by atoms with Gasteiger partial charge in [0, 0.05) is 22.4 Å². The van der Waals surface area contributed by atoms with E-state index in [0.29, 0.717) is 0 Å². The van der Waals surface area contributed by atoms with E-state index in [2.05, 4.69) is 15.9 Å². The predicted octanol–water partition coefficient (Wildman–Crippen LogP) is 2.33. The molecule has 0 aliphatic heterocycles. The van der Waals surface area contributed by atoms with Gasteiger partial charge in [0.1, 0.15) is 0 Å². The van der Waals surface area contributed by atoms with Crippen LogP contribution in [0.25, 0.3) is 0 Å². The minimum atomic E-state index is -3.56. The van der Waals surface area contributed by atoms with Crippen molar-refractivity contribution in [3.8, 4) is 0 Å². The molecule has 0 amide bonds. The van der Waals surface area contributed by atoms with Gasteiger partial charge in [-0.25, -0.2) is 8.42 Å². The molecule has 0 unspecified atom stereocenters. The Hall–Kier alpha value is -1.21. The topological polar surface area (TPSA) is 80.4 Å². The summed E-state index contributed by atoms with van der Waals surface area (Å²) in [4.78, 5) is 0.274. The number of rotatable bonds is 5. The number of aliphatic hydroxyl groups excluding tert-OH is 1. The van der Waals surface area contributed by atoms with Crippen molar-refractivity contribution in [2.75, 3.05) is 13.2 Å². The maximum atomic E-state index is 13.0. The minimum Gasteiger partial charge on any atom is -0.396 e. The molecular formula is C17H18BrNO3S. The van der Waals surface area contributed by atoms with Gasteiger partial charge in [-0.05, 0) is 29.8 Å². The van der Waals surface area contributed by atoms with Crippen molar-refractivity contribution in [1.29, 1.82) is 0 Å². The van der Waals surface area contributed by atoms with Crippen LogP contribution in [0.5, 0.6) is 0 Å². The molecule has 6 heteroatoms. The van der Waals surface area contributed by atoms with Crippen LogP contribution in [0.4, 0.5) is 0 Å². The molecule has 0 saturated heterocycles. The van der Waals surface area contributed by atoms with Crippen molar-refractivity contribution in [3.63, 3.8) is 0 Å². The zero-order valence-electron chi connectivity index (χ0n) is 12.4. The highest BCUT2D eigenvalue weighted by Gasteiger charge is 2.70. The van der Waals surface area contributed by atoms with E-state index in [4.69, 9.17) is 5.73 Å². The first-order chi connectivity index (χ1) is 11.0. The van der Waals surface area contributed by atoms with Crippen LogP contribution in [0.15, 0.2) is 64.0 Å². The van der Waals surface area contributed by atoms with Gasteiger partial charge in [0.25, 0.3) is 0 Å². The monoisotopic (exact) mass is 395 g/mol. The Morgan fingerprint density at radius 3 is 2.22 bits per heavy atom. The number of benzene rings is 2. The molecule has 2 aromatic rings. The molecule has 122 valence electrons. The van der Waals surface area contributed by atoms with Crippen LogP contribution in [0.1, 0.15) is 11.5 Å². The zero-order valence-corrected chi connectivity index (χ0v) is 14.8. The molecule has 1 aliphatic carbocycles. The molecule has 0 aromatic heterocycles. The number of halogens is 1. The standard InChI is InChI=1S/C17H18BrNO3S/c18-13-8-6-12(7-9-13)15-16(17(15,10-19)11-20)23(21,22)14-4-2-1-3-5-14/h1-9,15-16,20H,10-11,19H2/t15-,16+,17+/m1/s1. The van der Waals surface area contributed by atoms with Gasteiger partial charge in [-0.3, -0.25) is 0 Å². The Bertz CT molecular complexity index is 786. The fraction of sp³-hybridized carbons (Fsp3) is 0.294. The second-order valence-electron chi connectivity index (χ2n) is 5.90. The average molecular weight is 396 g/mol. The van der Waals surface area contributed by atoms with Crippen molar-refractivity contribution in [2.24, 2.45) is 11.1 Å². The lowest BCUT2D eigenvalue weighted by molar-refractivity contribution is 0.212. The highest BCUT2D eigenvalue weighted by molar-refractivity contribution is 9.10. The Balaban J connectivity index is 2.05. The number of aliphatic hydroxyl groups is 1. The smallest absolute Gasteiger partial charge is 0.182 e. The third kappa shape index (κ3) is 2.63. The maximum absolute atomic E-state index is 13.0. The second-order valence-corrected chi connectivity index (χ2v) is 8.89. The third-order valence-electron chi connectivity index (χ3n) is 4.69. The van der Waals surface area contributed by atoms with Gasteiger partial charge in [-0.2, -0.15) is 0 Å². The van der Waals surface area contributed by atoms with Crippen molar-refractivity contribution >= 4 is 25.8 Å². The normalized spacial score (nSPS) is 26.9. The van der Waals surface area contributed by atoms with Crippen molar-refractivity contribution < 1.29 is 13.5 Å². The molecule has 23 heavy (non-hydrogen) atoms. The Kier molecular flexibility index (Phi) is 4.35. The summed E-state index contributed by atoms with van der Waals surface area (Å²) in [5, 5.41) is 9.17. The van der Waals surface area contributed by atoms with Crippen molar-refractivity contribution in [3.05, 3.63) is 64.6 Å². The fourth-order valence-electron chi connectivity index (χ4n) is 3.37. The van der Waals surface area contributed by atoms with Crippen LogP contribution in [0, 0.1) is 5.41 Å². The van der Waals surface area contributed by atoms with Crippen LogP contribution < -0.4 is 5.73 Å². The molecule has 4 nitrogen and oxygen atoms in total. The average Bonchev–Trinajstić information content (AvgIpc) is 3.27. The van der Waals surface area contributed by atoms with Gasteiger partial charge in [0.2, 0.25) is 0 Å². The molecule has 1 saturated carbocycles. The van der Waals surface area contributed by atoms with E-state index >= 15 is 0 Å². The fourth-order valence-corrected chi connectivity index (χ4v) is 6.11. The number of nitrogens with two attached hydrogens (primary N) is 1.